The maximum Gasteiger partial charge on any atom is 0.507 e. The topological polar surface area (TPSA) is 38.8 Å². The third-order valence-electron chi connectivity index (χ3n) is 1.92. The molecule has 0 fully saturated rings. The highest BCUT2D eigenvalue weighted by Crippen LogP contribution is 2.24. The Bertz CT molecular complexity index is 335. The zero-order valence-corrected chi connectivity index (χ0v) is 9.87. The van der Waals surface area contributed by atoms with Crippen LogP contribution in [-0.4, -0.2) is 36.9 Å². The van der Waals surface area contributed by atoms with Crippen molar-refractivity contribution in [3.05, 3.63) is 11.5 Å². The quantitative estimate of drug-likeness (QED) is 0.673. The summed E-state index contributed by atoms with van der Waals surface area (Å²) in [6.07, 6.45) is 0.0177. The first-order valence-corrected chi connectivity index (χ1v) is 5.12. The van der Waals surface area contributed by atoms with Gasteiger partial charge >= 0.3 is 13.1 Å². The number of ether oxygens (including phenoxy) is 1. The summed E-state index contributed by atoms with van der Waals surface area (Å²) < 4.78 is 42.3. The van der Waals surface area contributed by atoms with Crippen LogP contribution in [0.25, 0.3) is 0 Å². The summed E-state index contributed by atoms with van der Waals surface area (Å²) in [6, 6.07) is 0. The van der Waals surface area contributed by atoms with Crippen molar-refractivity contribution >= 4 is 13.1 Å². The van der Waals surface area contributed by atoms with Crippen LogP contribution in [0.1, 0.15) is 20.8 Å². The molecule has 0 aromatic rings. The molecule has 17 heavy (non-hydrogen) atoms. The molecule has 0 saturated heterocycles. The van der Waals surface area contributed by atoms with Crippen molar-refractivity contribution in [2.24, 2.45) is 0 Å². The molecule has 0 aromatic carbocycles. The van der Waals surface area contributed by atoms with Crippen molar-refractivity contribution < 1.29 is 27.3 Å². The molecule has 1 rings (SSSR count). The predicted octanol–water partition coefficient (Wildman–Crippen LogP) is 2.48. The lowest BCUT2D eigenvalue weighted by atomic mass is 9.78. The lowest BCUT2D eigenvalue weighted by Gasteiger charge is -2.32. The zero-order valence-electron chi connectivity index (χ0n) is 9.87. The van der Waals surface area contributed by atoms with Gasteiger partial charge in [-0.05, 0) is 20.8 Å². The second-order valence-electron chi connectivity index (χ2n) is 4.67. The van der Waals surface area contributed by atoms with E-state index < -0.39 is 30.7 Å². The van der Waals surface area contributed by atoms with Gasteiger partial charge in [0, 0.05) is 6.54 Å². The number of carbonyl (C=O) groups excluding carboxylic acids is 1. The average molecular weight is 252 g/mol. The molecule has 1 amide bonds. The Labute approximate surface area is 97.4 Å². The lowest BCUT2D eigenvalue weighted by Crippen LogP contribution is -2.43. The fourth-order valence-corrected chi connectivity index (χ4v) is 1.18. The molecule has 0 spiro atoms. The first-order valence-electron chi connectivity index (χ1n) is 5.12. The van der Waals surface area contributed by atoms with Gasteiger partial charge in [-0.15, -0.1) is 5.47 Å². The smallest absolute Gasteiger partial charge is 0.445 e. The lowest BCUT2D eigenvalue weighted by molar-refractivity contribution is -0.137. The molecular weight excluding hydrogens is 238 g/mol. The van der Waals surface area contributed by atoms with E-state index in [0.717, 1.165) is 6.08 Å². The van der Waals surface area contributed by atoms with E-state index in [1.807, 2.05) is 0 Å². The fourth-order valence-electron chi connectivity index (χ4n) is 1.18. The van der Waals surface area contributed by atoms with Gasteiger partial charge in [0.05, 0.1) is 6.61 Å². The fraction of sp³-hybridized carbons (Fsp3) is 0.667. The van der Waals surface area contributed by atoms with Crippen LogP contribution in [0, 0.1) is 0 Å². The first kappa shape index (κ1) is 13.9. The van der Waals surface area contributed by atoms with E-state index >= 15 is 0 Å². The number of hydroxylamine groups is 2. The monoisotopic (exact) mass is 252 g/mol. The van der Waals surface area contributed by atoms with Gasteiger partial charge in [-0.1, -0.05) is 6.08 Å². The van der Waals surface area contributed by atoms with Crippen molar-refractivity contribution in [3.63, 3.8) is 0 Å². The van der Waals surface area contributed by atoms with Gasteiger partial charge in [0.25, 0.3) is 0 Å². The molecule has 0 unspecified atom stereocenters. The van der Waals surface area contributed by atoms with E-state index in [4.69, 9.17) is 9.57 Å². The second-order valence-corrected chi connectivity index (χ2v) is 4.67. The second kappa shape index (κ2) is 4.60. The van der Waals surface area contributed by atoms with Gasteiger partial charge in [0.2, 0.25) is 0 Å². The van der Waals surface area contributed by atoms with E-state index in [-0.39, 0.29) is 6.61 Å². The summed E-state index contributed by atoms with van der Waals surface area (Å²) in [6.45, 7) is -1.13. The normalized spacial score (nSPS) is 17.8. The Morgan fingerprint density at radius 1 is 1.47 bits per heavy atom. The Morgan fingerprint density at radius 2 is 2.06 bits per heavy atom. The number of carbonyl (C=O) groups is 1. The van der Waals surface area contributed by atoms with Crippen LogP contribution in [-0.2, 0) is 9.57 Å². The summed E-state index contributed by atoms with van der Waals surface area (Å²) in [5, 5.41) is 0.593. The van der Waals surface area contributed by atoms with Gasteiger partial charge in [0.15, 0.2) is 0 Å². The summed E-state index contributed by atoms with van der Waals surface area (Å²) >= 11 is 0. The minimum atomic E-state index is -5.09. The van der Waals surface area contributed by atoms with E-state index in [2.05, 4.69) is 0 Å². The number of hydrogen-bond acceptors (Lipinski definition) is 3. The van der Waals surface area contributed by atoms with E-state index in [1.165, 1.54) is 0 Å². The molecular formula is C9H14BF3NO3-. The van der Waals surface area contributed by atoms with E-state index in [0.29, 0.717) is 5.06 Å². The molecule has 0 aromatic heterocycles. The largest absolute Gasteiger partial charge is 0.507 e. The standard InChI is InChI=1S/C9H14BF3NO3/c1-9(2,3)17-8(15)14-6-7(4-5-16-14)10(11,12)13/h4H,5-6H2,1-3H3/q-1. The van der Waals surface area contributed by atoms with Gasteiger partial charge in [-0.2, -0.15) is 5.06 Å². The molecule has 0 radical (unpaired) electrons. The number of hydrogen-bond donors (Lipinski definition) is 0. The maximum absolute atomic E-state index is 12.5. The first-order chi connectivity index (χ1) is 7.59. The molecule has 4 nitrogen and oxygen atoms in total. The van der Waals surface area contributed by atoms with Crippen LogP contribution in [0.2, 0.25) is 0 Å². The molecule has 1 aliphatic heterocycles. The van der Waals surface area contributed by atoms with Crippen LogP contribution < -0.4 is 0 Å². The average Bonchev–Trinajstić information content (AvgIpc) is 2.14. The van der Waals surface area contributed by atoms with Crippen LogP contribution in [0.4, 0.5) is 17.7 Å². The Hall–Kier alpha value is -1.18. The minimum absolute atomic E-state index is 0.282. The third kappa shape index (κ3) is 4.30. The number of amides is 1. The minimum Gasteiger partial charge on any atom is -0.445 e. The molecule has 0 saturated carbocycles. The molecule has 0 atom stereocenters. The van der Waals surface area contributed by atoms with Gasteiger partial charge in [-0.25, -0.2) is 4.79 Å². The highest BCUT2D eigenvalue weighted by molar-refractivity contribution is 6.67. The van der Waals surface area contributed by atoms with Crippen LogP contribution in [0.5, 0.6) is 0 Å². The highest BCUT2D eigenvalue weighted by Gasteiger charge is 2.34. The predicted molar refractivity (Wildman–Crippen MR) is 56.1 cm³/mol. The SMILES string of the molecule is CC(C)(C)OC(=O)N1CC([B-](F)(F)F)=CCO1. The highest BCUT2D eigenvalue weighted by atomic mass is 19.4. The van der Waals surface area contributed by atoms with Crippen LogP contribution in [0.15, 0.2) is 11.5 Å². The molecule has 8 heteroatoms. The number of rotatable bonds is 1. The summed E-state index contributed by atoms with van der Waals surface area (Å²) in [7, 11) is 0. The van der Waals surface area contributed by atoms with Gasteiger partial charge in [0.1, 0.15) is 5.60 Å². The summed E-state index contributed by atoms with van der Waals surface area (Å²) in [5.41, 5.74) is -1.52. The maximum atomic E-state index is 12.5. The summed E-state index contributed by atoms with van der Waals surface area (Å²) in [5.74, 6) is 0. The Morgan fingerprint density at radius 3 is 2.53 bits per heavy atom. The molecule has 98 valence electrons. The van der Waals surface area contributed by atoms with E-state index in [1.54, 1.807) is 20.8 Å². The van der Waals surface area contributed by atoms with Crippen molar-refractivity contribution in [3.8, 4) is 0 Å². The number of halogens is 3. The Balaban J connectivity index is 2.65. The van der Waals surface area contributed by atoms with E-state index in [9.17, 15) is 17.7 Å². The zero-order chi connectivity index (χ0) is 13.3. The van der Waals surface area contributed by atoms with Gasteiger partial charge in [-0.3, -0.25) is 4.84 Å². The van der Waals surface area contributed by atoms with Crippen LogP contribution >= 0.6 is 0 Å². The van der Waals surface area contributed by atoms with Crippen LogP contribution in [0.3, 0.4) is 0 Å². The number of nitrogens with zero attached hydrogens (tertiary/aromatic N) is 1. The Kier molecular flexibility index (Phi) is 3.76. The molecule has 0 aliphatic carbocycles. The third-order valence-corrected chi connectivity index (χ3v) is 1.92. The van der Waals surface area contributed by atoms with Crippen molar-refractivity contribution in [2.75, 3.05) is 13.2 Å². The van der Waals surface area contributed by atoms with Crippen molar-refractivity contribution in [2.45, 2.75) is 26.4 Å². The summed E-state index contributed by atoms with van der Waals surface area (Å²) in [4.78, 5) is 16.3. The molecule has 0 N–H and O–H groups in total. The molecule has 0 bridgehead atoms. The van der Waals surface area contributed by atoms with Crippen molar-refractivity contribution in [1.29, 1.82) is 0 Å². The molecule has 1 heterocycles. The molecule has 1 aliphatic rings. The van der Waals surface area contributed by atoms with Crippen molar-refractivity contribution in [1.82, 2.24) is 5.06 Å². The van der Waals surface area contributed by atoms with Gasteiger partial charge < -0.3 is 17.7 Å².